The summed E-state index contributed by atoms with van der Waals surface area (Å²) in [4.78, 5) is 20.9. The smallest absolute Gasteiger partial charge is 0.279 e. The molecule has 3 heterocycles. The van der Waals surface area contributed by atoms with Crippen LogP contribution in [0.15, 0.2) is 64.6 Å². The molecular formula is C19H13FN4O3S. The first-order valence-corrected chi connectivity index (χ1v) is 9.07. The third kappa shape index (κ3) is 4.21. The van der Waals surface area contributed by atoms with Crippen molar-refractivity contribution in [3.63, 3.8) is 0 Å². The molecule has 28 heavy (non-hydrogen) atoms. The Morgan fingerprint density at radius 1 is 1.18 bits per heavy atom. The van der Waals surface area contributed by atoms with Crippen molar-refractivity contribution >= 4 is 22.4 Å². The van der Waals surface area contributed by atoms with Crippen molar-refractivity contribution in [2.24, 2.45) is 0 Å². The van der Waals surface area contributed by atoms with Crippen molar-refractivity contribution in [1.82, 2.24) is 15.1 Å². The molecule has 0 aliphatic rings. The molecule has 0 saturated carbocycles. The Hall–Kier alpha value is -3.59. The van der Waals surface area contributed by atoms with Gasteiger partial charge < -0.3 is 9.26 Å². The number of benzene rings is 1. The van der Waals surface area contributed by atoms with Gasteiger partial charge in [0.25, 0.3) is 5.91 Å². The number of nitrogens with zero attached hydrogens (tertiary/aromatic N) is 3. The highest BCUT2D eigenvalue weighted by molar-refractivity contribution is 7.14. The summed E-state index contributed by atoms with van der Waals surface area (Å²) in [6.45, 7) is 0.0625. The van der Waals surface area contributed by atoms with Crippen molar-refractivity contribution in [2.75, 3.05) is 5.32 Å². The van der Waals surface area contributed by atoms with E-state index in [0.717, 1.165) is 5.69 Å². The number of ether oxygens (including phenoxy) is 1. The number of hydrogen-bond donors (Lipinski definition) is 1. The van der Waals surface area contributed by atoms with E-state index in [1.54, 1.807) is 6.20 Å². The second kappa shape index (κ2) is 7.97. The van der Waals surface area contributed by atoms with Crippen LogP contribution in [0.1, 0.15) is 16.2 Å². The van der Waals surface area contributed by atoms with Crippen LogP contribution < -0.4 is 10.1 Å². The van der Waals surface area contributed by atoms with Gasteiger partial charge in [-0.15, -0.1) is 11.3 Å². The Morgan fingerprint density at radius 2 is 2.04 bits per heavy atom. The highest BCUT2D eigenvalue weighted by Gasteiger charge is 2.15. The van der Waals surface area contributed by atoms with Gasteiger partial charge in [-0.1, -0.05) is 11.2 Å². The van der Waals surface area contributed by atoms with Gasteiger partial charge in [-0.3, -0.25) is 15.1 Å². The lowest BCUT2D eigenvalue weighted by Crippen LogP contribution is -2.12. The van der Waals surface area contributed by atoms with Crippen LogP contribution in [0.2, 0.25) is 0 Å². The van der Waals surface area contributed by atoms with E-state index in [2.05, 4.69) is 20.4 Å². The molecule has 4 aromatic rings. The average Bonchev–Trinajstić information content (AvgIpc) is 3.38. The van der Waals surface area contributed by atoms with E-state index in [1.165, 1.54) is 41.7 Å². The Kier molecular flexibility index (Phi) is 5.07. The minimum Gasteiger partial charge on any atom is -0.486 e. The number of aromatic nitrogens is 3. The van der Waals surface area contributed by atoms with Crippen LogP contribution in [-0.2, 0) is 6.61 Å². The maximum Gasteiger partial charge on any atom is 0.279 e. The molecule has 0 unspecified atom stereocenters. The molecule has 1 N–H and O–H groups in total. The van der Waals surface area contributed by atoms with E-state index in [9.17, 15) is 9.18 Å². The summed E-state index contributed by atoms with van der Waals surface area (Å²) in [5.41, 5.74) is 1.50. The minimum atomic E-state index is -0.446. The third-order valence-electron chi connectivity index (χ3n) is 3.64. The first-order valence-electron chi connectivity index (χ1n) is 8.19. The Labute approximate surface area is 162 Å². The molecule has 0 spiro atoms. The number of anilines is 1. The second-order valence-electron chi connectivity index (χ2n) is 5.63. The summed E-state index contributed by atoms with van der Waals surface area (Å²) in [6.07, 6.45) is 1.68. The second-order valence-corrected chi connectivity index (χ2v) is 6.49. The first-order chi connectivity index (χ1) is 13.7. The van der Waals surface area contributed by atoms with Crippen LogP contribution in [-0.4, -0.2) is 21.0 Å². The summed E-state index contributed by atoms with van der Waals surface area (Å²) in [5.74, 6) is 0.0505. The largest absolute Gasteiger partial charge is 0.486 e. The third-order valence-corrected chi connectivity index (χ3v) is 4.40. The molecule has 1 aromatic carbocycles. The number of hydrogen-bond acceptors (Lipinski definition) is 7. The number of carbonyl (C=O) groups is 1. The van der Waals surface area contributed by atoms with E-state index < -0.39 is 5.91 Å². The SMILES string of the molecule is O=C(Nc1nc(-c2ccccn2)cs1)c1cc(COc2ccc(F)cc2)on1. The molecule has 0 aliphatic heterocycles. The van der Waals surface area contributed by atoms with Gasteiger partial charge in [0.2, 0.25) is 0 Å². The quantitative estimate of drug-likeness (QED) is 0.526. The summed E-state index contributed by atoms with van der Waals surface area (Å²) in [5, 5.41) is 8.66. The molecule has 7 nitrogen and oxygen atoms in total. The fraction of sp³-hybridized carbons (Fsp3) is 0.0526. The Morgan fingerprint density at radius 3 is 2.82 bits per heavy atom. The number of nitrogens with one attached hydrogen (secondary N) is 1. The summed E-state index contributed by atoms with van der Waals surface area (Å²) < 4.78 is 23.5. The fourth-order valence-corrected chi connectivity index (χ4v) is 3.00. The summed E-state index contributed by atoms with van der Waals surface area (Å²) in [7, 11) is 0. The molecule has 0 fully saturated rings. The van der Waals surface area contributed by atoms with Gasteiger partial charge >= 0.3 is 0 Å². The van der Waals surface area contributed by atoms with Gasteiger partial charge in [-0.2, -0.15) is 0 Å². The van der Waals surface area contributed by atoms with Crippen molar-refractivity contribution in [3.8, 4) is 17.1 Å². The van der Waals surface area contributed by atoms with E-state index in [-0.39, 0.29) is 18.1 Å². The predicted molar refractivity (Wildman–Crippen MR) is 101 cm³/mol. The fourth-order valence-electron chi connectivity index (χ4n) is 2.30. The van der Waals surface area contributed by atoms with Gasteiger partial charge in [0.05, 0.1) is 5.69 Å². The Balaban J connectivity index is 1.37. The molecule has 0 saturated heterocycles. The van der Waals surface area contributed by atoms with E-state index in [1.807, 2.05) is 23.6 Å². The standard InChI is InChI=1S/C19H13FN4O3S/c20-12-4-6-13(7-5-12)26-10-14-9-16(24-27-14)18(25)23-19-22-17(11-28-19)15-3-1-2-8-21-15/h1-9,11H,10H2,(H,22,23,25). The number of pyridine rings is 1. The monoisotopic (exact) mass is 396 g/mol. The van der Waals surface area contributed by atoms with Crippen molar-refractivity contribution in [1.29, 1.82) is 0 Å². The molecular weight excluding hydrogens is 383 g/mol. The van der Waals surface area contributed by atoms with E-state index in [0.29, 0.717) is 22.3 Å². The van der Waals surface area contributed by atoms with Crippen molar-refractivity contribution in [2.45, 2.75) is 6.61 Å². The molecule has 9 heteroatoms. The van der Waals surface area contributed by atoms with Crippen LogP contribution in [0.4, 0.5) is 9.52 Å². The number of amides is 1. The lowest BCUT2D eigenvalue weighted by atomic mass is 10.3. The Bertz CT molecular complexity index is 1080. The highest BCUT2D eigenvalue weighted by atomic mass is 32.1. The lowest BCUT2D eigenvalue weighted by molar-refractivity contribution is 0.101. The molecule has 0 atom stereocenters. The van der Waals surface area contributed by atoms with E-state index in [4.69, 9.17) is 9.26 Å². The number of rotatable bonds is 6. The molecule has 0 radical (unpaired) electrons. The van der Waals surface area contributed by atoms with Gasteiger partial charge in [-0.05, 0) is 36.4 Å². The lowest BCUT2D eigenvalue weighted by Gasteiger charge is -2.02. The molecule has 0 bridgehead atoms. The zero-order chi connectivity index (χ0) is 19.3. The maximum atomic E-state index is 12.9. The molecule has 4 rings (SSSR count). The molecule has 1 amide bonds. The normalized spacial score (nSPS) is 10.6. The molecule has 3 aromatic heterocycles. The average molecular weight is 396 g/mol. The van der Waals surface area contributed by atoms with Crippen molar-refractivity contribution < 1.29 is 18.4 Å². The topological polar surface area (TPSA) is 90.1 Å². The van der Waals surface area contributed by atoms with Gasteiger partial charge in [0, 0.05) is 17.6 Å². The van der Waals surface area contributed by atoms with Crippen LogP contribution in [0.25, 0.3) is 11.4 Å². The first kappa shape index (κ1) is 17.8. The van der Waals surface area contributed by atoms with Crippen LogP contribution in [0, 0.1) is 5.82 Å². The number of thiazole rings is 1. The van der Waals surface area contributed by atoms with Crippen molar-refractivity contribution in [3.05, 3.63) is 77.4 Å². The van der Waals surface area contributed by atoms with Gasteiger partial charge in [-0.25, -0.2) is 9.37 Å². The predicted octanol–water partition coefficient (Wildman–Crippen LogP) is 4.16. The minimum absolute atomic E-state index is 0.0625. The van der Waals surface area contributed by atoms with Crippen LogP contribution >= 0.6 is 11.3 Å². The van der Waals surface area contributed by atoms with Gasteiger partial charge in [0.1, 0.15) is 23.9 Å². The highest BCUT2D eigenvalue weighted by Crippen LogP contribution is 2.23. The summed E-state index contributed by atoms with van der Waals surface area (Å²) in [6, 6.07) is 12.6. The summed E-state index contributed by atoms with van der Waals surface area (Å²) >= 11 is 1.29. The zero-order valence-electron chi connectivity index (χ0n) is 14.3. The van der Waals surface area contributed by atoms with E-state index >= 15 is 0 Å². The molecule has 140 valence electrons. The van der Waals surface area contributed by atoms with Gasteiger partial charge in [0.15, 0.2) is 16.6 Å². The number of halogens is 1. The van der Waals surface area contributed by atoms with Crippen LogP contribution in [0.5, 0.6) is 5.75 Å². The van der Waals surface area contributed by atoms with Crippen LogP contribution in [0.3, 0.4) is 0 Å². The maximum absolute atomic E-state index is 12.9. The molecule has 0 aliphatic carbocycles. The zero-order valence-corrected chi connectivity index (χ0v) is 15.1. The number of carbonyl (C=O) groups excluding carboxylic acids is 1.